The Bertz CT molecular complexity index is 315. The molecule has 0 aromatic heterocycles. The van der Waals surface area contributed by atoms with Crippen LogP contribution in [0.3, 0.4) is 0 Å². The van der Waals surface area contributed by atoms with Gasteiger partial charge in [0.2, 0.25) is 6.09 Å². The summed E-state index contributed by atoms with van der Waals surface area (Å²) in [6.07, 6.45) is -0.657. The normalized spacial score (nSPS) is 24.8. The van der Waals surface area contributed by atoms with Crippen LogP contribution < -0.4 is 18.9 Å². The number of benzene rings is 1. The fraction of sp³-hybridized carbons (Fsp3) is 0.300. The minimum Gasteiger partial charge on any atom is -0.612 e. The zero-order chi connectivity index (χ0) is 9.26. The van der Waals surface area contributed by atoms with Crippen LogP contribution in [0.2, 0.25) is 0 Å². The maximum Gasteiger partial charge on any atom is 1.00 e. The van der Waals surface area contributed by atoms with Gasteiger partial charge in [-0.1, -0.05) is 43.3 Å². The molecule has 1 aromatic carbocycles. The molecule has 0 spiro atoms. The number of cyclic esters (lactones) is 1. The molecule has 1 aromatic rings. The smallest absolute Gasteiger partial charge is 0.612 e. The minimum absolute atomic E-state index is 0. The third-order valence-electron chi connectivity index (χ3n) is 2.10. The van der Waals surface area contributed by atoms with Gasteiger partial charge in [-0.2, -0.15) is 0 Å². The Morgan fingerprint density at radius 1 is 1.29 bits per heavy atom. The fourth-order valence-corrected chi connectivity index (χ4v) is 1.46. The van der Waals surface area contributed by atoms with Crippen LogP contribution in [0.1, 0.15) is 18.6 Å². The summed E-state index contributed by atoms with van der Waals surface area (Å²) < 4.78 is 5.05. The number of carbonyl (C=O) groups excluding carboxylic acids is 1. The van der Waals surface area contributed by atoms with E-state index in [1.807, 2.05) is 37.3 Å². The van der Waals surface area contributed by atoms with Crippen molar-refractivity contribution in [3.63, 3.8) is 0 Å². The topological polar surface area (TPSA) is 40.4 Å². The molecule has 1 fully saturated rings. The molecule has 0 unspecified atom stereocenters. The quantitative estimate of drug-likeness (QED) is 0.558. The molecule has 0 saturated carbocycles. The van der Waals surface area contributed by atoms with Gasteiger partial charge in [-0.3, -0.25) is 4.79 Å². The van der Waals surface area contributed by atoms with Gasteiger partial charge in [0, 0.05) is 0 Å². The van der Waals surface area contributed by atoms with Crippen LogP contribution >= 0.6 is 0 Å². The van der Waals surface area contributed by atoms with Crippen LogP contribution in [-0.4, -0.2) is 12.1 Å². The van der Waals surface area contributed by atoms with Gasteiger partial charge < -0.3 is 10.1 Å². The molecular weight excluding hydrogens is 173 g/mol. The standard InChI is InChI=1S/C10H11NO2.Li/c1-7-9(13-10(12)11-7)8-5-3-2-4-6-8;/h2-7,9H,1H3,(H,11,12);/q;+1/p-1/t7-,9-;/m1./s1. The van der Waals surface area contributed by atoms with Gasteiger partial charge in [0.25, 0.3) is 0 Å². The molecule has 1 aliphatic rings. The van der Waals surface area contributed by atoms with Crippen LogP contribution in [0, 0.1) is 0 Å². The van der Waals surface area contributed by atoms with E-state index in [4.69, 9.17) is 4.74 Å². The van der Waals surface area contributed by atoms with Crippen molar-refractivity contribution in [1.29, 1.82) is 0 Å². The minimum atomic E-state index is -0.457. The summed E-state index contributed by atoms with van der Waals surface area (Å²) in [4.78, 5) is 10.8. The van der Waals surface area contributed by atoms with Crippen molar-refractivity contribution in [3.05, 3.63) is 41.2 Å². The Kier molecular flexibility index (Phi) is 3.62. The first-order valence-electron chi connectivity index (χ1n) is 4.24. The molecule has 1 saturated heterocycles. The average molecular weight is 183 g/mol. The van der Waals surface area contributed by atoms with Crippen molar-refractivity contribution >= 4 is 6.09 Å². The van der Waals surface area contributed by atoms with E-state index < -0.39 is 6.09 Å². The number of amides is 1. The molecular formula is C10H10LiNO2. The van der Waals surface area contributed by atoms with E-state index in [9.17, 15) is 4.79 Å². The first-order valence-corrected chi connectivity index (χ1v) is 4.24. The van der Waals surface area contributed by atoms with E-state index in [0.29, 0.717) is 0 Å². The number of rotatable bonds is 1. The molecule has 68 valence electrons. The molecule has 14 heavy (non-hydrogen) atoms. The molecule has 0 N–H and O–H groups in total. The second kappa shape index (κ2) is 4.54. The van der Waals surface area contributed by atoms with E-state index in [1.54, 1.807) is 0 Å². The fourth-order valence-electron chi connectivity index (χ4n) is 1.46. The molecule has 0 bridgehead atoms. The Hall–Kier alpha value is -0.913. The summed E-state index contributed by atoms with van der Waals surface area (Å²) in [6, 6.07) is 9.59. The Morgan fingerprint density at radius 3 is 2.43 bits per heavy atom. The van der Waals surface area contributed by atoms with Gasteiger partial charge in [-0.05, 0) is 5.56 Å². The second-order valence-electron chi connectivity index (χ2n) is 3.08. The second-order valence-corrected chi connectivity index (χ2v) is 3.08. The first kappa shape index (κ1) is 11.2. The molecule has 1 aliphatic heterocycles. The van der Waals surface area contributed by atoms with Crippen LogP contribution in [0.5, 0.6) is 0 Å². The number of nitrogens with zero attached hydrogens (tertiary/aromatic N) is 1. The summed E-state index contributed by atoms with van der Waals surface area (Å²) in [7, 11) is 0. The van der Waals surface area contributed by atoms with Crippen LogP contribution in [0.4, 0.5) is 4.79 Å². The maximum absolute atomic E-state index is 10.8. The SMILES string of the molecule is C[C@H]1[N-]C(=O)O[C@H]1c1ccccc1.[Li+]. The number of carbonyl (C=O) groups is 1. The Balaban J connectivity index is 0.000000980. The molecule has 0 radical (unpaired) electrons. The molecule has 3 nitrogen and oxygen atoms in total. The summed E-state index contributed by atoms with van der Waals surface area (Å²) >= 11 is 0. The van der Waals surface area contributed by atoms with E-state index in [2.05, 4.69) is 5.32 Å². The summed E-state index contributed by atoms with van der Waals surface area (Å²) in [5, 5.41) is 3.79. The van der Waals surface area contributed by atoms with Crippen molar-refractivity contribution in [2.24, 2.45) is 0 Å². The van der Waals surface area contributed by atoms with Gasteiger partial charge in [0.05, 0.1) is 0 Å². The Morgan fingerprint density at radius 2 is 1.93 bits per heavy atom. The number of hydrogen-bond acceptors (Lipinski definition) is 2. The molecule has 1 amide bonds. The van der Waals surface area contributed by atoms with Crippen molar-refractivity contribution in [1.82, 2.24) is 0 Å². The zero-order valence-corrected chi connectivity index (χ0v) is 8.31. The van der Waals surface area contributed by atoms with Crippen molar-refractivity contribution < 1.29 is 28.4 Å². The summed E-state index contributed by atoms with van der Waals surface area (Å²) in [5.41, 5.74) is 1.00. The summed E-state index contributed by atoms with van der Waals surface area (Å²) in [5.74, 6) is 0. The van der Waals surface area contributed by atoms with E-state index >= 15 is 0 Å². The van der Waals surface area contributed by atoms with Crippen LogP contribution in [0.15, 0.2) is 30.3 Å². The number of hydrogen-bond donors (Lipinski definition) is 0. The van der Waals surface area contributed by atoms with E-state index in [0.717, 1.165) is 5.56 Å². The van der Waals surface area contributed by atoms with Gasteiger partial charge >= 0.3 is 18.9 Å². The third-order valence-corrected chi connectivity index (χ3v) is 2.10. The summed E-state index contributed by atoms with van der Waals surface area (Å²) in [6.45, 7) is 1.88. The monoisotopic (exact) mass is 183 g/mol. The molecule has 1 heterocycles. The van der Waals surface area contributed by atoms with Gasteiger partial charge in [-0.25, -0.2) is 0 Å². The van der Waals surface area contributed by atoms with Gasteiger partial charge in [0.1, 0.15) is 6.10 Å². The van der Waals surface area contributed by atoms with Gasteiger partial charge in [0.15, 0.2) is 0 Å². The van der Waals surface area contributed by atoms with E-state index in [-0.39, 0.29) is 31.0 Å². The molecule has 2 rings (SSSR count). The van der Waals surface area contributed by atoms with Crippen molar-refractivity contribution in [2.75, 3.05) is 0 Å². The van der Waals surface area contributed by atoms with Crippen LogP contribution in [0.25, 0.3) is 5.32 Å². The molecule has 2 atom stereocenters. The van der Waals surface area contributed by atoms with Gasteiger partial charge in [-0.15, -0.1) is 0 Å². The molecule has 4 heteroatoms. The van der Waals surface area contributed by atoms with E-state index in [1.165, 1.54) is 0 Å². The van der Waals surface area contributed by atoms with Crippen molar-refractivity contribution in [3.8, 4) is 0 Å². The first-order chi connectivity index (χ1) is 6.27. The predicted octanol–water partition coefficient (Wildman–Crippen LogP) is -0.356. The predicted molar refractivity (Wildman–Crippen MR) is 48.5 cm³/mol. The van der Waals surface area contributed by atoms with Crippen molar-refractivity contribution in [2.45, 2.75) is 19.1 Å². The largest absolute Gasteiger partial charge is 1.00 e. The zero-order valence-electron chi connectivity index (χ0n) is 8.31. The van der Waals surface area contributed by atoms with Crippen LogP contribution in [-0.2, 0) is 4.74 Å². The Labute approximate surface area is 95.0 Å². The molecule has 0 aliphatic carbocycles. The number of ether oxygens (including phenoxy) is 1. The third kappa shape index (κ3) is 2.12. The maximum atomic E-state index is 10.8. The average Bonchev–Trinajstić information content (AvgIpc) is 2.47.